The molecule has 0 spiro atoms. The van der Waals surface area contributed by atoms with Crippen LogP contribution in [0.4, 0.5) is 0 Å². The lowest BCUT2D eigenvalue weighted by Crippen LogP contribution is -2.59. The zero-order valence-corrected chi connectivity index (χ0v) is 23.6. The van der Waals surface area contributed by atoms with Crippen LogP contribution in [0.3, 0.4) is 0 Å². The van der Waals surface area contributed by atoms with Gasteiger partial charge in [-0.2, -0.15) is 0 Å². The molecular weight excluding hydrogens is 472 g/mol. The quantitative estimate of drug-likeness (QED) is 0.594. The van der Waals surface area contributed by atoms with Gasteiger partial charge in [-0.15, -0.1) is 11.3 Å². The summed E-state index contributed by atoms with van der Waals surface area (Å²) in [4.78, 5) is 46.8. The number of aryl methyl sites for hydroxylation is 1. The Morgan fingerprint density at radius 3 is 2.28 bits per heavy atom. The van der Waals surface area contributed by atoms with Crippen molar-refractivity contribution in [3.63, 3.8) is 0 Å². The van der Waals surface area contributed by atoms with Gasteiger partial charge in [0.2, 0.25) is 17.7 Å². The van der Waals surface area contributed by atoms with Gasteiger partial charge in [0.1, 0.15) is 12.1 Å². The van der Waals surface area contributed by atoms with Crippen LogP contribution in [0.15, 0.2) is 29.8 Å². The zero-order valence-electron chi connectivity index (χ0n) is 22.8. The van der Waals surface area contributed by atoms with E-state index < -0.39 is 22.9 Å². The number of carbonyl (C=O) groups is 3. The van der Waals surface area contributed by atoms with Crippen molar-refractivity contribution >= 4 is 29.1 Å². The Bertz CT molecular complexity index is 1100. The van der Waals surface area contributed by atoms with E-state index in [1.807, 2.05) is 85.2 Å². The molecule has 1 saturated heterocycles. The lowest BCUT2D eigenvalue weighted by molar-refractivity contribution is -0.145. The molecule has 2 unspecified atom stereocenters. The minimum atomic E-state index is -0.715. The lowest BCUT2D eigenvalue weighted by Gasteiger charge is -2.36. The molecule has 2 heterocycles. The largest absolute Gasteiger partial charge is 0.350 e. The fourth-order valence-electron chi connectivity index (χ4n) is 4.36. The fourth-order valence-corrected chi connectivity index (χ4v) is 5.17. The molecule has 0 saturated carbocycles. The lowest BCUT2D eigenvalue weighted by atomic mass is 9.84. The molecule has 1 aromatic heterocycles. The highest BCUT2D eigenvalue weighted by Gasteiger charge is 2.44. The van der Waals surface area contributed by atoms with Crippen molar-refractivity contribution in [2.75, 3.05) is 6.54 Å². The third-order valence-electron chi connectivity index (χ3n) is 6.59. The Morgan fingerprint density at radius 1 is 1.11 bits per heavy atom. The van der Waals surface area contributed by atoms with Crippen molar-refractivity contribution in [3.8, 4) is 10.4 Å². The maximum atomic E-state index is 13.7. The Hall–Kier alpha value is -2.74. The number of amides is 3. The molecule has 3 amide bonds. The first-order chi connectivity index (χ1) is 16.7. The van der Waals surface area contributed by atoms with E-state index in [2.05, 4.69) is 15.6 Å². The molecular formula is C28H40N4O3S. The van der Waals surface area contributed by atoms with Crippen LogP contribution in [0.5, 0.6) is 0 Å². The number of aromatic nitrogens is 1. The number of carbonyl (C=O) groups excluding carboxylic acids is 3. The summed E-state index contributed by atoms with van der Waals surface area (Å²) in [7, 11) is 0. The molecule has 0 aliphatic carbocycles. The van der Waals surface area contributed by atoms with Crippen LogP contribution in [0.2, 0.25) is 0 Å². The van der Waals surface area contributed by atoms with Crippen LogP contribution in [0, 0.1) is 23.7 Å². The molecule has 196 valence electrons. The Morgan fingerprint density at radius 2 is 1.75 bits per heavy atom. The highest BCUT2D eigenvalue weighted by molar-refractivity contribution is 7.13. The van der Waals surface area contributed by atoms with Crippen LogP contribution in [-0.2, 0) is 20.9 Å². The van der Waals surface area contributed by atoms with E-state index in [0.29, 0.717) is 19.5 Å². The minimum absolute atomic E-state index is 0.162. The molecule has 1 fully saturated rings. The average Bonchev–Trinajstić information content (AvgIpc) is 3.39. The Kier molecular flexibility index (Phi) is 8.28. The summed E-state index contributed by atoms with van der Waals surface area (Å²) in [5, 5.41) is 5.99. The molecule has 0 radical (unpaired) electrons. The van der Waals surface area contributed by atoms with Crippen molar-refractivity contribution in [1.82, 2.24) is 20.5 Å². The van der Waals surface area contributed by atoms with Crippen molar-refractivity contribution in [2.45, 2.75) is 80.4 Å². The molecule has 1 aliphatic heterocycles. The number of hydrogen-bond acceptors (Lipinski definition) is 5. The van der Waals surface area contributed by atoms with Gasteiger partial charge in [-0.1, -0.05) is 72.7 Å². The van der Waals surface area contributed by atoms with Gasteiger partial charge >= 0.3 is 0 Å². The number of nitrogens with one attached hydrogen (secondary N) is 2. The van der Waals surface area contributed by atoms with E-state index in [4.69, 9.17) is 0 Å². The van der Waals surface area contributed by atoms with Crippen molar-refractivity contribution < 1.29 is 14.4 Å². The summed E-state index contributed by atoms with van der Waals surface area (Å²) in [6.45, 7) is 16.2. The number of rotatable bonds is 6. The molecule has 36 heavy (non-hydrogen) atoms. The number of likely N-dealkylation sites (tertiary alicyclic amines) is 1. The number of hydrogen-bond donors (Lipinski definition) is 2. The third-order valence-corrected chi connectivity index (χ3v) is 7.57. The van der Waals surface area contributed by atoms with Gasteiger partial charge in [0.15, 0.2) is 0 Å². The van der Waals surface area contributed by atoms with Crippen LogP contribution >= 0.6 is 11.3 Å². The summed E-state index contributed by atoms with van der Waals surface area (Å²) in [5.74, 6) is -0.342. The predicted molar refractivity (Wildman–Crippen MR) is 144 cm³/mol. The van der Waals surface area contributed by atoms with Crippen molar-refractivity contribution in [3.05, 3.63) is 41.0 Å². The van der Waals surface area contributed by atoms with Crippen molar-refractivity contribution in [2.24, 2.45) is 16.7 Å². The van der Waals surface area contributed by atoms with E-state index in [9.17, 15) is 14.4 Å². The summed E-state index contributed by atoms with van der Waals surface area (Å²) in [5.41, 5.74) is 3.83. The molecule has 2 aromatic rings. The van der Waals surface area contributed by atoms with E-state index in [0.717, 1.165) is 21.7 Å². The van der Waals surface area contributed by atoms with E-state index in [-0.39, 0.29) is 23.6 Å². The number of benzene rings is 1. The second-order valence-corrected chi connectivity index (χ2v) is 12.9. The maximum Gasteiger partial charge on any atom is 0.246 e. The molecule has 1 aliphatic rings. The molecule has 2 N–H and O–H groups in total. The molecule has 7 nitrogen and oxygen atoms in total. The Labute approximate surface area is 219 Å². The van der Waals surface area contributed by atoms with E-state index in [1.165, 1.54) is 0 Å². The van der Waals surface area contributed by atoms with Gasteiger partial charge in [-0.3, -0.25) is 14.4 Å². The van der Waals surface area contributed by atoms with Gasteiger partial charge in [-0.25, -0.2) is 4.98 Å². The van der Waals surface area contributed by atoms with Gasteiger partial charge in [0.05, 0.1) is 16.1 Å². The van der Waals surface area contributed by atoms with Gasteiger partial charge < -0.3 is 15.5 Å². The zero-order chi connectivity index (χ0) is 26.8. The summed E-state index contributed by atoms with van der Waals surface area (Å²) in [6, 6.07) is 6.83. The fraction of sp³-hybridized carbons (Fsp3) is 0.571. The smallest absolute Gasteiger partial charge is 0.246 e. The first-order valence-electron chi connectivity index (χ1n) is 12.6. The normalized spacial score (nSPS) is 19.2. The number of thiazole rings is 1. The first-order valence-corrected chi connectivity index (χ1v) is 13.4. The minimum Gasteiger partial charge on any atom is -0.350 e. The standard InChI is InChI=1S/C28H40N4O3S/c1-17-13-21(32(15-17)25(34)23(27(3,4)5)31-26(35)28(6,7)8)24(33)29-14-19-9-11-20(12-10-19)22-18(2)30-16-36-22/h9-12,16-17,21,23H,13-15H2,1-8H3,(H,29,33)(H,31,35)/t17-,21?,23?/m1/s1. The van der Waals surface area contributed by atoms with Crippen LogP contribution < -0.4 is 10.6 Å². The summed E-state index contributed by atoms with van der Waals surface area (Å²) >= 11 is 1.61. The van der Waals surface area contributed by atoms with Crippen LogP contribution in [0.25, 0.3) is 10.4 Å². The van der Waals surface area contributed by atoms with Crippen LogP contribution in [0.1, 0.15) is 66.1 Å². The number of nitrogens with zero attached hydrogens (tertiary/aromatic N) is 2. The highest BCUT2D eigenvalue weighted by Crippen LogP contribution is 2.30. The third kappa shape index (κ3) is 6.52. The molecule has 3 rings (SSSR count). The Balaban J connectivity index is 1.69. The second kappa shape index (κ2) is 10.7. The van der Waals surface area contributed by atoms with Gasteiger partial charge in [-0.05, 0) is 35.8 Å². The molecule has 3 atom stereocenters. The average molecular weight is 513 g/mol. The predicted octanol–water partition coefficient (Wildman–Crippen LogP) is 4.55. The monoisotopic (exact) mass is 512 g/mol. The SMILES string of the molecule is Cc1ncsc1-c1ccc(CNC(=O)C2C[C@@H](C)CN2C(=O)C(NC(=O)C(C)(C)C)C(C)(C)C)cc1. The van der Waals surface area contributed by atoms with E-state index in [1.54, 1.807) is 16.2 Å². The van der Waals surface area contributed by atoms with E-state index >= 15 is 0 Å². The molecule has 1 aromatic carbocycles. The topological polar surface area (TPSA) is 91.4 Å². The second-order valence-electron chi connectivity index (χ2n) is 12.1. The van der Waals surface area contributed by atoms with Gasteiger partial charge in [0.25, 0.3) is 0 Å². The maximum absolute atomic E-state index is 13.7. The van der Waals surface area contributed by atoms with Crippen molar-refractivity contribution in [1.29, 1.82) is 0 Å². The van der Waals surface area contributed by atoms with Gasteiger partial charge in [0, 0.05) is 18.5 Å². The summed E-state index contributed by atoms with van der Waals surface area (Å²) < 4.78 is 0. The highest BCUT2D eigenvalue weighted by atomic mass is 32.1. The molecule has 0 bridgehead atoms. The molecule has 8 heteroatoms. The first kappa shape index (κ1) is 27.8. The summed E-state index contributed by atoms with van der Waals surface area (Å²) in [6.07, 6.45) is 0.602. The van der Waals surface area contributed by atoms with Crippen LogP contribution in [-0.4, -0.2) is 46.2 Å².